The molecule has 2 rings (SSSR count). The zero-order valence-corrected chi connectivity index (χ0v) is 14.5. The van der Waals surface area contributed by atoms with E-state index in [1.54, 1.807) is 19.1 Å². The van der Waals surface area contributed by atoms with E-state index in [2.05, 4.69) is 5.32 Å². The van der Waals surface area contributed by atoms with Gasteiger partial charge in [-0.05, 0) is 38.5 Å². The molecule has 0 spiro atoms. The Kier molecular flexibility index (Phi) is 5.36. The number of rotatable bonds is 3. The molecule has 0 bridgehead atoms. The summed E-state index contributed by atoms with van der Waals surface area (Å²) in [5.74, 6) is 1.41. The fourth-order valence-electron chi connectivity index (χ4n) is 2.56. The first-order chi connectivity index (χ1) is 10.8. The number of benzene rings is 1. The minimum absolute atomic E-state index is 0.123. The van der Waals surface area contributed by atoms with Gasteiger partial charge in [-0.3, -0.25) is 4.90 Å². The lowest BCUT2D eigenvalue weighted by molar-refractivity contribution is 0.0117. The van der Waals surface area contributed by atoms with Crippen molar-refractivity contribution in [1.82, 2.24) is 10.2 Å². The molecule has 0 unspecified atom stereocenters. The van der Waals surface area contributed by atoms with E-state index in [1.165, 1.54) is 0 Å². The van der Waals surface area contributed by atoms with Gasteiger partial charge in [0.15, 0.2) is 0 Å². The lowest BCUT2D eigenvalue weighted by Gasteiger charge is -2.37. The molecule has 1 aliphatic heterocycles. The molecule has 6 heteroatoms. The van der Waals surface area contributed by atoms with Gasteiger partial charge in [-0.2, -0.15) is 0 Å². The van der Waals surface area contributed by atoms with Crippen molar-refractivity contribution in [1.29, 1.82) is 0 Å². The first-order valence-corrected chi connectivity index (χ1v) is 7.77. The third-order valence-corrected chi connectivity index (χ3v) is 3.63. The van der Waals surface area contributed by atoms with Crippen molar-refractivity contribution >= 4 is 6.09 Å². The summed E-state index contributed by atoms with van der Waals surface area (Å²) in [4.78, 5) is 14.3. The van der Waals surface area contributed by atoms with Crippen LogP contribution in [0.5, 0.6) is 11.5 Å². The number of hydrogen-bond acceptors (Lipinski definition) is 5. The SMILES string of the molecule is COc1cc(OC)cc([C@@H]2CNCCN2C(=O)OC(C)(C)C)c1. The van der Waals surface area contributed by atoms with Crippen LogP contribution in [0.15, 0.2) is 18.2 Å². The summed E-state index contributed by atoms with van der Waals surface area (Å²) in [6, 6.07) is 5.55. The van der Waals surface area contributed by atoms with Gasteiger partial charge in [-0.15, -0.1) is 0 Å². The van der Waals surface area contributed by atoms with Crippen LogP contribution < -0.4 is 14.8 Å². The zero-order chi connectivity index (χ0) is 17.0. The number of hydrogen-bond donors (Lipinski definition) is 1. The van der Waals surface area contributed by atoms with E-state index < -0.39 is 5.60 Å². The summed E-state index contributed by atoms with van der Waals surface area (Å²) in [6.45, 7) is 7.62. The summed E-state index contributed by atoms with van der Waals surface area (Å²) < 4.78 is 16.2. The Morgan fingerprint density at radius 3 is 2.30 bits per heavy atom. The number of methoxy groups -OCH3 is 2. The van der Waals surface area contributed by atoms with Gasteiger partial charge in [0, 0.05) is 25.7 Å². The highest BCUT2D eigenvalue weighted by Gasteiger charge is 2.31. The standard InChI is InChI=1S/C17H26N2O4/c1-17(2,3)23-16(20)19-7-6-18-11-15(19)12-8-13(21-4)10-14(9-12)22-5/h8-10,15,18H,6-7,11H2,1-5H3/t15-/m0/s1. The molecule has 23 heavy (non-hydrogen) atoms. The normalized spacial score (nSPS) is 18.5. The van der Waals surface area contributed by atoms with Gasteiger partial charge in [-0.1, -0.05) is 0 Å². The highest BCUT2D eigenvalue weighted by atomic mass is 16.6. The predicted octanol–water partition coefficient (Wildman–Crippen LogP) is 2.59. The molecule has 1 aromatic rings. The van der Waals surface area contributed by atoms with Crippen molar-refractivity contribution in [2.24, 2.45) is 0 Å². The van der Waals surface area contributed by atoms with E-state index in [9.17, 15) is 4.79 Å². The second-order valence-electron chi connectivity index (χ2n) is 6.54. The minimum atomic E-state index is -0.515. The van der Waals surface area contributed by atoms with E-state index in [-0.39, 0.29) is 12.1 Å². The molecule has 0 saturated carbocycles. The molecule has 1 amide bonds. The van der Waals surface area contributed by atoms with Gasteiger partial charge in [0.1, 0.15) is 17.1 Å². The van der Waals surface area contributed by atoms with Gasteiger partial charge >= 0.3 is 6.09 Å². The van der Waals surface area contributed by atoms with E-state index in [4.69, 9.17) is 14.2 Å². The van der Waals surface area contributed by atoms with Crippen molar-refractivity contribution in [3.8, 4) is 11.5 Å². The summed E-state index contributed by atoms with van der Waals surface area (Å²) in [5, 5.41) is 3.32. The Bertz CT molecular complexity index is 532. The Morgan fingerprint density at radius 2 is 1.78 bits per heavy atom. The molecule has 0 aliphatic carbocycles. The maximum absolute atomic E-state index is 12.5. The Balaban J connectivity index is 2.29. The number of ether oxygens (including phenoxy) is 3. The molecule has 1 fully saturated rings. The molecule has 0 radical (unpaired) electrons. The van der Waals surface area contributed by atoms with Crippen molar-refractivity contribution in [3.05, 3.63) is 23.8 Å². The lowest BCUT2D eigenvalue weighted by atomic mass is 10.0. The molecule has 1 heterocycles. The second-order valence-corrected chi connectivity index (χ2v) is 6.54. The second kappa shape index (κ2) is 7.08. The van der Waals surface area contributed by atoms with Crippen LogP contribution in [0, 0.1) is 0 Å². The molecule has 128 valence electrons. The number of carbonyl (C=O) groups is 1. The summed E-state index contributed by atoms with van der Waals surface area (Å²) >= 11 is 0. The molecule has 6 nitrogen and oxygen atoms in total. The molecule has 1 aliphatic rings. The van der Waals surface area contributed by atoms with Crippen LogP contribution in [0.2, 0.25) is 0 Å². The first-order valence-electron chi connectivity index (χ1n) is 7.77. The smallest absolute Gasteiger partial charge is 0.410 e. The van der Waals surface area contributed by atoms with Crippen LogP contribution in [0.3, 0.4) is 0 Å². The van der Waals surface area contributed by atoms with Gasteiger partial charge in [-0.25, -0.2) is 4.79 Å². The summed E-state index contributed by atoms with van der Waals surface area (Å²) in [7, 11) is 3.23. The van der Waals surface area contributed by atoms with Gasteiger partial charge in [0.05, 0.1) is 20.3 Å². The van der Waals surface area contributed by atoms with E-state index in [0.717, 1.165) is 12.1 Å². The molecule has 1 atom stereocenters. The summed E-state index contributed by atoms with van der Waals surface area (Å²) in [5.41, 5.74) is 0.442. The topological polar surface area (TPSA) is 60.0 Å². The number of carbonyl (C=O) groups excluding carboxylic acids is 1. The maximum Gasteiger partial charge on any atom is 0.410 e. The van der Waals surface area contributed by atoms with Crippen LogP contribution in [0.1, 0.15) is 32.4 Å². The highest BCUT2D eigenvalue weighted by molar-refractivity contribution is 5.69. The largest absolute Gasteiger partial charge is 0.497 e. The fourth-order valence-corrected chi connectivity index (χ4v) is 2.56. The maximum atomic E-state index is 12.5. The molecular formula is C17H26N2O4. The zero-order valence-electron chi connectivity index (χ0n) is 14.5. The third kappa shape index (κ3) is 4.51. The van der Waals surface area contributed by atoms with E-state index >= 15 is 0 Å². The van der Waals surface area contributed by atoms with Crippen molar-refractivity contribution in [2.75, 3.05) is 33.9 Å². The average molecular weight is 322 g/mol. The Labute approximate surface area is 137 Å². The van der Waals surface area contributed by atoms with Crippen LogP contribution >= 0.6 is 0 Å². The number of nitrogens with zero attached hydrogens (tertiary/aromatic N) is 1. The van der Waals surface area contributed by atoms with Crippen LogP contribution in [0.25, 0.3) is 0 Å². The van der Waals surface area contributed by atoms with Crippen molar-refractivity contribution in [2.45, 2.75) is 32.4 Å². The van der Waals surface area contributed by atoms with Crippen LogP contribution in [-0.2, 0) is 4.74 Å². The molecule has 1 N–H and O–H groups in total. The Hall–Kier alpha value is -1.95. The molecule has 1 aromatic carbocycles. The quantitative estimate of drug-likeness (QED) is 0.927. The minimum Gasteiger partial charge on any atom is -0.497 e. The van der Waals surface area contributed by atoms with Gasteiger partial charge in [0.25, 0.3) is 0 Å². The Morgan fingerprint density at radius 1 is 1.17 bits per heavy atom. The average Bonchev–Trinajstić information content (AvgIpc) is 2.52. The lowest BCUT2D eigenvalue weighted by Crippen LogP contribution is -2.50. The summed E-state index contributed by atoms with van der Waals surface area (Å²) in [6.07, 6.45) is -0.300. The van der Waals surface area contributed by atoms with E-state index in [1.807, 2.05) is 39.0 Å². The first kappa shape index (κ1) is 17.4. The van der Waals surface area contributed by atoms with Crippen molar-refractivity contribution in [3.63, 3.8) is 0 Å². The number of amides is 1. The van der Waals surface area contributed by atoms with Crippen LogP contribution in [-0.4, -0.2) is 50.4 Å². The monoisotopic (exact) mass is 322 g/mol. The molecule has 0 aromatic heterocycles. The fraction of sp³-hybridized carbons (Fsp3) is 0.588. The number of piperazine rings is 1. The molecular weight excluding hydrogens is 296 g/mol. The van der Waals surface area contributed by atoms with Gasteiger partial charge in [0.2, 0.25) is 0 Å². The van der Waals surface area contributed by atoms with Crippen LogP contribution in [0.4, 0.5) is 4.79 Å². The number of nitrogens with one attached hydrogen (secondary N) is 1. The highest BCUT2D eigenvalue weighted by Crippen LogP contribution is 2.31. The third-order valence-electron chi connectivity index (χ3n) is 3.63. The molecule has 1 saturated heterocycles. The predicted molar refractivity (Wildman–Crippen MR) is 88.1 cm³/mol. The van der Waals surface area contributed by atoms with E-state index in [0.29, 0.717) is 24.6 Å². The van der Waals surface area contributed by atoms with Crippen molar-refractivity contribution < 1.29 is 19.0 Å². The van der Waals surface area contributed by atoms with Gasteiger partial charge < -0.3 is 19.5 Å².